The Labute approximate surface area is 158 Å². The van der Waals surface area contributed by atoms with E-state index in [1.54, 1.807) is 49.9 Å². The standard InChI is InChI=1S/C21H25FN2O3/c1-5-11-24(12-16-9-7-8-10-17(16)22)13-18(25)20-14(3)19(15(4)23-20)21(26)27-6-2/h5,7-10,23H,1,6,11-13H2,2-4H3. The van der Waals surface area contributed by atoms with Crippen LogP contribution in [0.25, 0.3) is 0 Å². The number of esters is 1. The first-order valence-corrected chi connectivity index (χ1v) is 8.85. The van der Waals surface area contributed by atoms with E-state index < -0.39 is 5.97 Å². The Balaban J connectivity index is 2.20. The minimum Gasteiger partial charge on any atom is -0.462 e. The molecule has 0 spiro atoms. The number of aromatic amines is 1. The summed E-state index contributed by atoms with van der Waals surface area (Å²) in [6.45, 7) is 9.95. The minimum absolute atomic E-state index is 0.0728. The second-order valence-electron chi connectivity index (χ2n) is 6.32. The predicted molar refractivity (Wildman–Crippen MR) is 102 cm³/mol. The van der Waals surface area contributed by atoms with E-state index >= 15 is 0 Å². The summed E-state index contributed by atoms with van der Waals surface area (Å²) in [5.74, 6) is -0.933. The normalized spacial score (nSPS) is 10.9. The molecule has 2 aromatic rings. The zero-order valence-corrected chi connectivity index (χ0v) is 16.0. The number of aromatic nitrogens is 1. The van der Waals surface area contributed by atoms with Crippen LogP contribution in [-0.2, 0) is 11.3 Å². The number of ketones is 1. The third kappa shape index (κ3) is 4.92. The molecule has 0 atom stereocenters. The van der Waals surface area contributed by atoms with Crippen molar-refractivity contribution in [2.24, 2.45) is 0 Å². The molecule has 1 N–H and O–H groups in total. The van der Waals surface area contributed by atoms with Crippen LogP contribution in [0, 0.1) is 19.7 Å². The molecule has 0 bridgehead atoms. The quantitative estimate of drug-likeness (QED) is 0.413. The minimum atomic E-state index is -0.447. The Bertz CT molecular complexity index is 842. The van der Waals surface area contributed by atoms with Crippen LogP contribution >= 0.6 is 0 Å². The molecule has 6 heteroatoms. The number of hydrogen-bond acceptors (Lipinski definition) is 4. The highest BCUT2D eigenvalue weighted by Gasteiger charge is 2.24. The molecule has 5 nitrogen and oxygen atoms in total. The number of aryl methyl sites for hydroxylation is 1. The molecule has 0 saturated heterocycles. The predicted octanol–water partition coefficient (Wildman–Crippen LogP) is 3.82. The van der Waals surface area contributed by atoms with Gasteiger partial charge < -0.3 is 9.72 Å². The molecule has 0 radical (unpaired) electrons. The Morgan fingerprint density at radius 1 is 1.30 bits per heavy atom. The van der Waals surface area contributed by atoms with Crippen LogP contribution < -0.4 is 0 Å². The van der Waals surface area contributed by atoms with E-state index in [2.05, 4.69) is 11.6 Å². The van der Waals surface area contributed by atoms with Gasteiger partial charge in [0.25, 0.3) is 0 Å². The van der Waals surface area contributed by atoms with Crippen LogP contribution in [0.2, 0.25) is 0 Å². The first-order valence-electron chi connectivity index (χ1n) is 8.85. The van der Waals surface area contributed by atoms with Gasteiger partial charge in [0, 0.05) is 24.3 Å². The largest absolute Gasteiger partial charge is 0.462 e. The van der Waals surface area contributed by atoms with E-state index in [1.807, 2.05) is 0 Å². The van der Waals surface area contributed by atoms with E-state index in [4.69, 9.17) is 4.74 Å². The number of H-pyrrole nitrogens is 1. The van der Waals surface area contributed by atoms with Crippen LogP contribution in [0.5, 0.6) is 0 Å². The Morgan fingerprint density at radius 2 is 2.00 bits per heavy atom. The fourth-order valence-electron chi connectivity index (χ4n) is 3.06. The molecule has 0 amide bonds. The number of ether oxygens (including phenoxy) is 1. The lowest BCUT2D eigenvalue weighted by Gasteiger charge is -2.20. The van der Waals surface area contributed by atoms with Gasteiger partial charge >= 0.3 is 5.97 Å². The monoisotopic (exact) mass is 372 g/mol. The summed E-state index contributed by atoms with van der Waals surface area (Å²) in [6.07, 6.45) is 1.67. The first kappa shape index (κ1) is 20.6. The molecule has 0 aliphatic heterocycles. The number of rotatable bonds is 9. The summed E-state index contributed by atoms with van der Waals surface area (Å²) >= 11 is 0. The van der Waals surface area contributed by atoms with Gasteiger partial charge in [0.2, 0.25) is 0 Å². The molecule has 0 saturated carbocycles. The van der Waals surface area contributed by atoms with Gasteiger partial charge in [-0.2, -0.15) is 0 Å². The molecule has 1 aromatic carbocycles. The lowest BCUT2D eigenvalue weighted by molar-refractivity contribution is 0.0525. The van der Waals surface area contributed by atoms with Crippen molar-refractivity contribution in [1.29, 1.82) is 0 Å². The van der Waals surface area contributed by atoms with Gasteiger partial charge in [0.05, 0.1) is 24.4 Å². The van der Waals surface area contributed by atoms with Crippen molar-refractivity contribution in [3.63, 3.8) is 0 Å². The van der Waals surface area contributed by atoms with Crippen molar-refractivity contribution >= 4 is 11.8 Å². The second kappa shape index (κ2) is 9.28. The van der Waals surface area contributed by atoms with E-state index in [9.17, 15) is 14.0 Å². The Kier molecular flexibility index (Phi) is 7.07. The van der Waals surface area contributed by atoms with Crippen LogP contribution in [0.15, 0.2) is 36.9 Å². The molecular formula is C21H25FN2O3. The van der Waals surface area contributed by atoms with Gasteiger partial charge in [0.1, 0.15) is 5.82 Å². The summed E-state index contributed by atoms with van der Waals surface area (Å²) in [7, 11) is 0. The van der Waals surface area contributed by atoms with Crippen molar-refractivity contribution in [2.75, 3.05) is 19.7 Å². The molecule has 0 aliphatic rings. The molecule has 27 heavy (non-hydrogen) atoms. The smallest absolute Gasteiger partial charge is 0.340 e. The van der Waals surface area contributed by atoms with Gasteiger partial charge in [-0.15, -0.1) is 6.58 Å². The van der Waals surface area contributed by atoms with Gasteiger partial charge in [0.15, 0.2) is 5.78 Å². The van der Waals surface area contributed by atoms with Gasteiger partial charge in [-0.05, 0) is 32.4 Å². The Hall–Kier alpha value is -2.73. The van der Waals surface area contributed by atoms with Crippen molar-refractivity contribution in [1.82, 2.24) is 9.88 Å². The number of benzene rings is 1. The van der Waals surface area contributed by atoms with Crippen molar-refractivity contribution in [3.05, 3.63) is 70.8 Å². The second-order valence-corrected chi connectivity index (χ2v) is 6.32. The molecule has 2 rings (SSSR count). The zero-order chi connectivity index (χ0) is 20.0. The van der Waals surface area contributed by atoms with E-state index in [1.165, 1.54) is 6.07 Å². The van der Waals surface area contributed by atoms with Crippen LogP contribution in [0.3, 0.4) is 0 Å². The highest BCUT2D eigenvalue weighted by molar-refractivity contribution is 6.02. The zero-order valence-electron chi connectivity index (χ0n) is 16.0. The fraction of sp³-hybridized carbons (Fsp3) is 0.333. The topological polar surface area (TPSA) is 62.4 Å². The van der Waals surface area contributed by atoms with E-state index in [0.717, 1.165) is 0 Å². The number of halogens is 1. The van der Waals surface area contributed by atoms with Gasteiger partial charge in [-0.1, -0.05) is 24.3 Å². The highest BCUT2D eigenvalue weighted by atomic mass is 19.1. The number of Topliss-reactive ketones (excluding diaryl/α,β-unsaturated/α-hetero) is 1. The summed E-state index contributed by atoms with van der Waals surface area (Å²) in [5, 5.41) is 0. The SMILES string of the molecule is C=CCN(CC(=O)c1[nH]c(C)c(C(=O)OCC)c1C)Cc1ccccc1F. The molecular weight excluding hydrogens is 347 g/mol. The van der Waals surface area contributed by atoms with Crippen LogP contribution in [-0.4, -0.2) is 41.3 Å². The van der Waals surface area contributed by atoms with Crippen molar-refractivity contribution in [3.8, 4) is 0 Å². The van der Waals surface area contributed by atoms with Crippen LogP contribution in [0.1, 0.15) is 44.6 Å². The highest BCUT2D eigenvalue weighted by Crippen LogP contribution is 2.20. The van der Waals surface area contributed by atoms with Crippen LogP contribution in [0.4, 0.5) is 4.39 Å². The molecule has 1 heterocycles. The molecule has 0 unspecified atom stereocenters. The number of nitrogens with one attached hydrogen (secondary N) is 1. The van der Waals surface area contributed by atoms with Gasteiger partial charge in [-0.25, -0.2) is 9.18 Å². The number of nitrogens with zero attached hydrogens (tertiary/aromatic N) is 1. The average Bonchev–Trinajstić information content (AvgIpc) is 2.92. The maximum Gasteiger partial charge on any atom is 0.340 e. The number of carbonyl (C=O) groups is 2. The summed E-state index contributed by atoms with van der Waals surface area (Å²) in [4.78, 5) is 29.7. The van der Waals surface area contributed by atoms with Gasteiger partial charge in [-0.3, -0.25) is 9.69 Å². The molecule has 144 valence electrons. The first-order chi connectivity index (χ1) is 12.9. The maximum atomic E-state index is 13.9. The fourth-order valence-corrected chi connectivity index (χ4v) is 3.06. The summed E-state index contributed by atoms with van der Waals surface area (Å²) in [6, 6.07) is 6.48. The Morgan fingerprint density at radius 3 is 2.63 bits per heavy atom. The van der Waals surface area contributed by atoms with E-state index in [0.29, 0.717) is 34.6 Å². The van der Waals surface area contributed by atoms with Crippen molar-refractivity contribution < 1.29 is 18.7 Å². The number of hydrogen-bond donors (Lipinski definition) is 1. The average molecular weight is 372 g/mol. The summed E-state index contributed by atoms with van der Waals surface area (Å²) < 4.78 is 19.0. The number of carbonyl (C=O) groups excluding carboxylic acids is 2. The summed E-state index contributed by atoms with van der Waals surface area (Å²) in [5.41, 5.74) is 2.44. The lowest BCUT2D eigenvalue weighted by Crippen LogP contribution is -2.30. The molecule has 0 fully saturated rings. The molecule has 1 aromatic heterocycles. The third-order valence-corrected chi connectivity index (χ3v) is 4.30. The van der Waals surface area contributed by atoms with Crippen molar-refractivity contribution in [2.45, 2.75) is 27.3 Å². The lowest BCUT2D eigenvalue weighted by atomic mass is 10.1. The molecule has 0 aliphatic carbocycles. The maximum absolute atomic E-state index is 13.9. The van der Waals surface area contributed by atoms with E-state index in [-0.39, 0.29) is 31.3 Å². The third-order valence-electron chi connectivity index (χ3n) is 4.30.